The Balaban J connectivity index is 2.21. The zero-order valence-electron chi connectivity index (χ0n) is 9.72. The van der Waals surface area contributed by atoms with Crippen LogP contribution < -0.4 is 4.90 Å². The Kier molecular flexibility index (Phi) is 3.43. The molecule has 0 radical (unpaired) electrons. The Morgan fingerprint density at radius 3 is 2.89 bits per heavy atom. The third kappa shape index (κ3) is 2.26. The highest BCUT2D eigenvalue weighted by molar-refractivity contribution is 6.32. The second kappa shape index (κ2) is 4.86. The maximum absolute atomic E-state index is 11.8. The lowest BCUT2D eigenvalue weighted by Crippen LogP contribution is -2.26. The van der Waals surface area contributed by atoms with Gasteiger partial charge in [0.2, 0.25) is 5.91 Å². The molecule has 0 saturated carbocycles. The summed E-state index contributed by atoms with van der Waals surface area (Å²) in [5.41, 5.74) is 0.564. The zero-order chi connectivity index (χ0) is 13.3. The molecule has 0 aromatic heterocycles. The van der Waals surface area contributed by atoms with E-state index in [0.717, 1.165) is 0 Å². The van der Waals surface area contributed by atoms with Gasteiger partial charge in [-0.15, -0.1) is 0 Å². The van der Waals surface area contributed by atoms with Crippen molar-refractivity contribution in [3.8, 4) is 5.75 Å². The van der Waals surface area contributed by atoms with Crippen molar-refractivity contribution < 1.29 is 19.4 Å². The van der Waals surface area contributed by atoms with Crippen molar-refractivity contribution in [3.63, 3.8) is 0 Å². The summed E-state index contributed by atoms with van der Waals surface area (Å²) in [6.07, 6.45) is 0.130. The molecule has 1 saturated heterocycles. The number of ether oxygens (including phenoxy) is 1. The van der Waals surface area contributed by atoms with Crippen molar-refractivity contribution in [1.29, 1.82) is 0 Å². The van der Waals surface area contributed by atoms with Crippen LogP contribution >= 0.6 is 11.6 Å². The summed E-state index contributed by atoms with van der Waals surface area (Å²) in [6, 6.07) is 4.49. The molecule has 1 aromatic rings. The summed E-state index contributed by atoms with van der Waals surface area (Å²) in [6.45, 7) is 0.270. The zero-order valence-corrected chi connectivity index (χ0v) is 10.5. The summed E-state index contributed by atoms with van der Waals surface area (Å²) in [4.78, 5) is 24.7. The average Bonchev–Trinajstić information content (AvgIpc) is 2.74. The molecule has 1 atom stereocenters. The highest BCUT2D eigenvalue weighted by Crippen LogP contribution is 2.31. The van der Waals surface area contributed by atoms with Crippen molar-refractivity contribution in [2.75, 3.05) is 18.6 Å². The first-order valence-corrected chi connectivity index (χ1v) is 5.77. The lowest BCUT2D eigenvalue weighted by atomic mass is 10.1. The number of hydrogen-bond donors (Lipinski definition) is 1. The van der Waals surface area contributed by atoms with Crippen LogP contribution in [0.3, 0.4) is 0 Å². The van der Waals surface area contributed by atoms with Gasteiger partial charge in [0.1, 0.15) is 5.75 Å². The fourth-order valence-electron chi connectivity index (χ4n) is 1.95. The van der Waals surface area contributed by atoms with E-state index in [4.69, 9.17) is 11.6 Å². The van der Waals surface area contributed by atoms with Gasteiger partial charge in [-0.3, -0.25) is 9.59 Å². The normalized spacial score (nSPS) is 19.1. The van der Waals surface area contributed by atoms with E-state index in [-0.39, 0.29) is 29.6 Å². The number of methoxy groups -OCH3 is 1. The summed E-state index contributed by atoms with van der Waals surface area (Å²) in [5, 5.41) is 9.49. The van der Waals surface area contributed by atoms with Crippen molar-refractivity contribution in [2.45, 2.75) is 6.42 Å². The van der Waals surface area contributed by atoms with Gasteiger partial charge in [0.05, 0.1) is 18.1 Å². The minimum Gasteiger partial charge on any atom is -0.506 e. The van der Waals surface area contributed by atoms with Crippen LogP contribution in [-0.4, -0.2) is 30.6 Å². The number of nitrogens with zero attached hydrogens (tertiary/aromatic N) is 1. The number of phenols is 1. The van der Waals surface area contributed by atoms with Gasteiger partial charge in [-0.2, -0.15) is 0 Å². The molecule has 5 nitrogen and oxygen atoms in total. The smallest absolute Gasteiger partial charge is 0.311 e. The molecule has 96 valence electrons. The van der Waals surface area contributed by atoms with E-state index < -0.39 is 11.9 Å². The topological polar surface area (TPSA) is 66.8 Å². The monoisotopic (exact) mass is 269 g/mol. The molecule has 6 heteroatoms. The third-order valence-electron chi connectivity index (χ3n) is 2.90. The van der Waals surface area contributed by atoms with E-state index in [1.165, 1.54) is 24.1 Å². The molecule has 2 rings (SSSR count). The predicted octanol–water partition coefficient (Wildman–Crippen LogP) is 1.57. The highest BCUT2D eigenvalue weighted by atomic mass is 35.5. The van der Waals surface area contributed by atoms with Crippen LogP contribution in [0.15, 0.2) is 18.2 Å². The van der Waals surface area contributed by atoms with Gasteiger partial charge >= 0.3 is 5.97 Å². The van der Waals surface area contributed by atoms with E-state index in [1.54, 1.807) is 6.07 Å². The van der Waals surface area contributed by atoms with Crippen molar-refractivity contribution in [1.82, 2.24) is 0 Å². The Hall–Kier alpha value is -1.75. The molecule has 1 amide bonds. The fraction of sp³-hybridized carbons (Fsp3) is 0.333. The van der Waals surface area contributed by atoms with Crippen LogP contribution in [-0.2, 0) is 14.3 Å². The first-order valence-electron chi connectivity index (χ1n) is 5.39. The molecule has 1 unspecified atom stereocenters. The quantitative estimate of drug-likeness (QED) is 0.828. The molecule has 0 spiro atoms. The number of amides is 1. The molecule has 18 heavy (non-hydrogen) atoms. The Morgan fingerprint density at radius 1 is 1.56 bits per heavy atom. The van der Waals surface area contributed by atoms with Crippen molar-refractivity contribution >= 4 is 29.2 Å². The number of benzene rings is 1. The Morgan fingerprint density at radius 2 is 2.28 bits per heavy atom. The van der Waals surface area contributed by atoms with Gasteiger partial charge in [0, 0.05) is 18.7 Å². The van der Waals surface area contributed by atoms with Gasteiger partial charge in [-0.05, 0) is 18.2 Å². The van der Waals surface area contributed by atoms with Gasteiger partial charge in [-0.25, -0.2) is 0 Å². The maximum Gasteiger partial charge on any atom is 0.311 e. The second-order valence-electron chi connectivity index (χ2n) is 4.06. The van der Waals surface area contributed by atoms with Crippen LogP contribution in [0.25, 0.3) is 0 Å². The number of carbonyl (C=O) groups excluding carboxylic acids is 2. The van der Waals surface area contributed by atoms with E-state index in [9.17, 15) is 14.7 Å². The molecule has 1 N–H and O–H groups in total. The first kappa shape index (κ1) is 12.7. The van der Waals surface area contributed by atoms with E-state index in [2.05, 4.69) is 4.74 Å². The molecule has 1 heterocycles. The standard InChI is InChI=1S/C12H12ClNO4/c1-18-12(17)7-4-11(16)14(6-7)8-2-3-10(15)9(13)5-8/h2-3,5,7,15H,4,6H2,1H3. The molecular weight excluding hydrogens is 258 g/mol. The molecule has 1 aliphatic heterocycles. The Labute approximate surface area is 109 Å². The van der Waals surface area contributed by atoms with Gasteiger partial charge < -0.3 is 14.7 Å². The number of anilines is 1. The van der Waals surface area contributed by atoms with E-state index in [0.29, 0.717) is 5.69 Å². The third-order valence-corrected chi connectivity index (χ3v) is 3.21. The number of aromatic hydroxyl groups is 1. The van der Waals surface area contributed by atoms with Crippen LogP contribution in [0, 0.1) is 5.92 Å². The largest absolute Gasteiger partial charge is 0.506 e. The average molecular weight is 270 g/mol. The Bertz CT molecular complexity index is 503. The first-order chi connectivity index (χ1) is 8.52. The van der Waals surface area contributed by atoms with Crippen molar-refractivity contribution in [3.05, 3.63) is 23.2 Å². The highest BCUT2D eigenvalue weighted by Gasteiger charge is 2.35. The number of esters is 1. The van der Waals surface area contributed by atoms with Crippen LogP contribution in [0.5, 0.6) is 5.75 Å². The molecule has 1 aliphatic rings. The van der Waals surface area contributed by atoms with Gasteiger partial charge in [-0.1, -0.05) is 11.6 Å². The van der Waals surface area contributed by atoms with Crippen LogP contribution in [0.2, 0.25) is 5.02 Å². The summed E-state index contributed by atoms with van der Waals surface area (Å²) in [5.74, 6) is -1.05. The van der Waals surface area contributed by atoms with Gasteiger partial charge in [0.25, 0.3) is 0 Å². The van der Waals surface area contributed by atoms with Crippen LogP contribution in [0.1, 0.15) is 6.42 Å². The fourth-order valence-corrected chi connectivity index (χ4v) is 2.12. The van der Waals surface area contributed by atoms with E-state index >= 15 is 0 Å². The molecule has 1 aromatic carbocycles. The lowest BCUT2D eigenvalue weighted by Gasteiger charge is -2.16. The van der Waals surface area contributed by atoms with Crippen molar-refractivity contribution in [2.24, 2.45) is 5.92 Å². The lowest BCUT2D eigenvalue weighted by molar-refractivity contribution is -0.145. The minimum absolute atomic E-state index is 0.0448. The number of phenolic OH excluding ortho intramolecular Hbond substituents is 1. The SMILES string of the molecule is COC(=O)C1CC(=O)N(c2ccc(O)c(Cl)c2)C1. The number of hydrogen-bond acceptors (Lipinski definition) is 4. The minimum atomic E-state index is -0.449. The number of halogens is 1. The predicted molar refractivity (Wildman–Crippen MR) is 65.6 cm³/mol. The van der Waals surface area contributed by atoms with Crippen LogP contribution in [0.4, 0.5) is 5.69 Å². The summed E-state index contributed by atoms with van der Waals surface area (Å²) >= 11 is 5.79. The van der Waals surface area contributed by atoms with Gasteiger partial charge in [0.15, 0.2) is 0 Å². The molecular formula is C12H12ClNO4. The maximum atomic E-state index is 11.8. The summed E-state index contributed by atoms with van der Waals surface area (Å²) < 4.78 is 4.63. The second-order valence-corrected chi connectivity index (χ2v) is 4.47. The number of carbonyl (C=O) groups is 2. The summed E-state index contributed by atoms with van der Waals surface area (Å²) in [7, 11) is 1.30. The number of rotatable bonds is 2. The molecule has 0 aliphatic carbocycles. The molecule has 0 bridgehead atoms. The van der Waals surface area contributed by atoms with E-state index in [1.807, 2.05) is 0 Å². The molecule has 1 fully saturated rings.